The van der Waals surface area contributed by atoms with Crippen LogP contribution in [0.25, 0.3) is 5.70 Å². The standard InChI is InChI=1S/C18H22NO2.Y/c1-5-19-15(3)14(2)6-11-18(19)16-7-9-17(10-8-16)21-13-12-20-4;/h6-10H,3,5,12-13H2,1-2,4H3;/q-1;. The van der Waals surface area contributed by atoms with Crippen LogP contribution >= 0.6 is 0 Å². The van der Waals surface area contributed by atoms with Gasteiger partial charge in [0.05, 0.1) is 6.61 Å². The van der Waals surface area contributed by atoms with Crippen molar-refractivity contribution in [1.29, 1.82) is 0 Å². The third-order valence-corrected chi connectivity index (χ3v) is 3.48. The number of hydrogen-bond acceptors (Lipinski definition) is 3. The summed E-state index contributed by atoms with van der Waals surface area (Å²) < 4.78 is 10.6. The average molecular weight is 373 g/mol. The molecule has 0 aromatic heterocycles. The first-order chi connectivity index (χ1) is 10.2. The molecule has 0 amide bonds. The Hall–Kier alpha value is -0.896. The molecule has 0 bridgehead atoms. The van der Waals surface area contributed by atoms with E-state index in [2.05, 4.69) is 43.5 Å². The largest absolute Gasteiger partial charge is 0.491 e. The molecule has 2 rings (SSSR count). The van der Waals surface area contributed by atoms with Gasteiger partial charge in [-0.25, -0.2) is 0 Å². The zero-order chi connectivity index (χ0) is 15.2. The van der Waals surface area contributed by atoms with Gasteiger partial charge in [0.25, 0.3) is 0 Å². The van der Waals surface area contributed by atoms with E-state index < -0.39 is 0 Å². The molecule has 115 valence electrons. The zero-order valence-electron chi connectivity index (χ0n) is 13.6. The first-order valence-electron chi connectivity index (χ1n) is 7.16. The topological polar surface area (TPSA) is 21.7 Å². The van der Waals surface area contributed by atoms with Crippen molar-refractivity contribution in [1.82, 2.24) is 4.90 Å². The monoisotopic (exact) mass is 373 g/mol. The fourth-order valence-electron chi connectivity index (χ4n) is 2.23. The van der Waals surface area contributed by atoms with E-state index in [0.29, 0.717) is 13.2 Å². The van der Waals surface area contributed by atoms with Crippen LogP contribution in [-0.2, 0) is 37.4 Å². The Kier molecular flexibility index (Phi) is 8.09. The van der Waals surface area contributed by atoms with E-state index in [-0.39, 0.29) is 32.7 Å². The molecule has 3 nitrogen and oxygen atoms in total. The minimum absolute atomic E-state index is 0. The number of hydrogen-bond donors (Lipinski definition) is 0. The van der Waals surface area contributed by atoms with E-state index in [1.54, 1.807) is 7.11 Å². The molecule has 0 saturated carbocycles. The molecule has 0 spiro atoms. The summed E-state index contributed by atoms with van der Waals surface area (Å²) in [6.45, 7) is 10.3. The third-order valence-electron chi connectivity index (χ3n) is 3.48. The van der Waals surface area contributed by atoms with Crippen LogP contribution in [0, 0.1) is 6.08 Å². The number of ether oxygens (including phenoxy) is 2. The van der Waals surface area contributed by atoms with Gasteiger partial charge in [0.15, 0.2) is 0 Å². The maximum absolute atomic E-state index is 5.58. The van der Waals surface area contributed by atoms with Crippen LogP contribution in [0.3, 0.4) is 0 Å². The second-order valence-corrected chi connectivity index (χ2v) is 4.88. The van der Waals surface area contributed by atoms with E-state index in [1.807, 2.05) is 18.2 Å². The molecule has 1 heterocycles. The van der Waals surface area contributed by atoms with Crippen molar-refractivity contribution >= 4 is 5.70 Å². The minimum atomic E-state index is 0. The summed E-state index contributed by atoms with van der Waals surface area (Å²) in [5.74, 6) is 0.848. The quantitative estimate of drug-likeness (QED) is 0.561. The fourth-order valence-corrected chi connectivity index (χ4v) is 2.23. The van der Waals surface area contributed by atoms with Crippen LogP contribution in [-0.4, -0.2) is 31.8 Å². The van der Waals surface area contributed by atoms with Gasteiger partial charge in [0.2, 0.25) is 0 Å². The number of benzene rings is 1. The van der Waals surface area contributed by atoms with Gasteiger partial charge in [-0.3, -0.25) is 0 Å². The Labute approximate surface area is 158 Å². The van der Waals surface area contributed by atoms with Crippen molar-refractivity contribution in [2.75, 3.05) is 26.9 Å². The summed E-state index contributed by atoms with van der Waals surface area (Å²) in [6, 6.07) is 8.05. The van der Waals surface area contributed by atoms with Crippen LogP contribution in [0.2, 0.25) is 0 Å². The van der Waals surface area contributed by atoms with Crippen molar-refractivity contribution in [2.45, 2.75) is 13.8 Å². The molecule has 1 radical (unpaired) electrons. The number of nitrogens with zero attached hydrogens (tertiary/aromatic N) is 1. The van der Waals surface area contributed by atoms with Gasteiger partial charge >= 0.3 is 0 Å². The van der Waals surface area contributed by atoms with Crippen molar-refractivity contribution in [3.8, 4) is 5.75 Å². The number of rotatable bonds is 6. The SMILES string of the molecule is C=C1C(C)=C[C-]=C(c2ccc(OCCOC)cc2)N1CC.[Y]. The van der Waals surface area contributed by atoms with Gasteiger partial charge in [0, 0.05) is 46.4 Å². The van der Waals surface area contributed by atoms with Gasteiger partial charge in [-0.05, 0) is 24.8 Å². The predicted molar refractivity (Wildman–Crippen MR) is 85.7 cm³/mol. The van der Waals surface area contributed by atoms with Gasteiger partial charge in [0.1, 0.15) is 12.4 Å². The Morgan fingerprint density at radius 3 is 2.45 bits per heavy atom. The summed E-state index contributed by atoms with van der Waals surface area (Å²) in [6.07, 6.45) is 5.34. The Morgan fingerprint density at radius 1 is 1.18 bits per heavy atom. The van der Waals surface area contributed by atoms with E-state index in [4.69, 9.17) is 9.47 Å². The Balaban J connectivity index is 0.00000242. The molecule has 4 heteroatoms. The maximum Gasteiger partial charge on any atom is 0.117 e. The normalized spacial score (nSPS) is 14.1. The molecule has 0 saturated heterocycles. The predicted octanol–water partition coefficient (Wildman–Crippen LogP) is 3.65. The van der Waals surface area contributed by atoms with Crippen molar-refractivity contribution < 1.29 is 42.2 Å². The number of methoxy groups -OCH3 is 1. The van der Waals surface area contributed by atoms with Crippen LogP contribution in [0.5, 0.6) is 5.75 Å². The van der Waals surface area contributed by atoms with Gasteiger partial charge in [-0.2, -0.15) is 12.2 Å². The van der Waals surface area contributed by atoms with Crippen LogP contribution < -0.4 is 4.74 Å². The van der Waals surface area contributed by atoms with Crippen molar-refractivity contribution in [2.24, 2.45) is 0 Å². The van der Waals surface area contributed by atoms with Crippen molar-refractivity contribution in [3.05, 3.63) is 59.8 Å². The molecular weight excluding hydrogens is 351 g/mol. The molecule has 1 aromatic carbocycles. The number of allylic oxidation sites excluding steroid dienone is 3. The minimum Gasteiger partial charge on any atom is -0.491 e. The summed E-state index contributed by atoms with van der Waals surface area (Å²) >= 11 is 0. The molecule has 1 aliphatic rings. The summed E-state index contributed by atoms with van der Waals surface area (Å²) in [4.78, 5) is 2.18. The van der Waals surface area contributed by atoms with Gasteiger partial charge in [-0.15, -0.1) is 17.7 Å². The molecule has 1 aromatic rings. The first kappa shape index (κ1) is 19.2. The third kappa shape index (κ3) is 4.55. The van der Waals surface area contributed by atoms with Gasteiger partial charge < -0.3 is 14.4 Å². The Morgan fingerprint density at radius 2 is 1.86 bits per heavy atom. The average Bonchev–Trinajstić information content (AvgIpc) is 2.51. The molecule has 22 heavy (non-hydrogen) atoms. The number of likely N-dealkylation sites (N-methyl/N-ethyl adjacent to an activating group) is 1. The molecule has 0 aliphatic carbocycles. The first-order valence-corrected chi connectivity index (χ1v) is 7.16. The summed E-state index contributed by atoms with van der Waals surface area (Å²) in [7, 11) is 1.67. The van der Waals surface area contributed by atoms with Crippen molar-refractivity contribution in [3.63, 3.8) is 0 Å². The van der Waals surface area contributed by atoms with E-state index in [0.717, 1.165) is 34.8 Å². The molecular formula is C18H22NO2Y-. The summed E-state index contributed by atoms with van der Waals surface area (Å²) in [5, 5.41) is 0. The smallest absolute Gasteiger partial charge is 0.117 e. The maximum atomic E-state index is 5.58. The fraction of sp³-hybridized carbons (Fsp3) is 0.333. The van der Waals surface area contributed by atoms with Crippen LogP contribution in [0.4, 0.5) is 0 Å². The van der Waals surface area contributed by atoms with E-state index in [1.165, 1.54) is 0 Å². The second kappa shape index (κ2) is 9.29. The van der Waals surface area contributed by atoms with E-state index >= 15 is 0 Å². The van der Waals surface area contributed by atoms with Gasteiger partial charge in [-0.1, -0.05) is 24.8 Å². The van der Waals surface area contributed by atoms with Crippen LogP contribution in [0.1, 0.15) is 19.4 Å². The molecule has 0 N–H and O–H groups in total. The van der Waals surface area contributed by atoms with E-state index in [9.17, 15) is 0 Å². The zero-order valence-corrected chi connectivity index (χ0v) is 16.4. The molecule has 0 unspecified atom stereocenters. The molecule has 0 fully saturated rings. The second-order valence-electron chi connectivity index (χ2n) is 4.88. The molecule has 0 atom stereocenters. The van der Waals surface area contributed by atoms with Crippen LogP contribution in [0.15, 0.2) is 48.2 Å². The Bertz CT molecular complexity index is 561. The molecule has 1 aliphatic heterocycles. The summed E-state index contributed by atoms with van der Waals surface area (Å²) in [5.41, 5.74) is 4.35.